The molecule has 0 aliphatic heterocycles. The number of aryl methyl sites for hydroxylation is 1. The number of alkyl halides is 3. The van der Waals surface area contributed by atoms with Crippen LogP contribution in [0.1, 0.15) is 43.8 Å². The molecule has 1 N–H and O–H groups in total. The van der Waals surface area contributed by atoms with Crippen molar-refractivity contribution in [3.8, 4) is 0 Å². The first kappa shape index (κ1) is 19.8. The van der Waals surface area contributed by atoms with Crippen LogP contribution in [0, 0.1) is 0 Å². The normalized spacial score (nSPS) is 11.5. The molecule has 1 amide bonds. The van der Waals surface area contributed by atoms with Gasteiger partial charge in [-0.25, -0.2) is 4.98 Å². The number of rotatable bonds is 5. The van der Waals surface area contributed by atoms with E-state index in [-0.39, 0.29) is 5.78 Å². The Balaban J connectivity index is 1.67. The van der Waals surface area contributed by atoms with Crippen molar-refractivity contribution in [2.24, 2.45) is 7.05 Å². The van der Waals surface area contributed by atoms with Gasteiger partial charge in [0.15, 0.2) is 10.9 Å². The number of Topliss-reactive ketones (excluding diaryl/α,β-unsaturated/α-hetero) is 1. The van der Waals surface area contributed by atoms with Gasteiger partial charge in [-0.3, -0.25) is 14.9 Å². The van der Waals surface area contributed by atoms with E-state index in [4.69, 9.17) is 0 Å². The van der Waals surface area contributed by atoms with E-state index in [1.54, 1.807) is 24.0 Å². The second-order valence-electron chi connectivity index (χ2n) is 6.24. The van der Waals surface area contributed by atoms with Crippen molar-refractivity contribution in [1.82, 2.24) is 9.55 Å². The van der Waals surface area contributed by atoms with Crippen molar-refractivity contribution >= 4 is 28.2 Å². The van der Waals surface area contributed by atoms with Crippen LogP contribution in [-0.4, -0.2) is 21.2 Å². The number of ketones is 1. The molecule has 0 bridgehead atoms. The maximum Gasteiger partial charge on any atom is 0.416 e. The van der Waals surface area contributed by atoms with Gasteiger partial charge in [-0.1, -0.05) is 12.1 Å². The van der Waals surface area contributed by atoms with Crippen LogP contribution >= 0.6 is 11.3 Å². The molecule has 146 valence electrons. The van der Waals surface area contributed by atoms with Gasteiger partial charge >= 0.3 is 6.18 Å². The molecule has 0 aliphatic rings. The molecule has 2 heterocycles. The Bertz CT molecular complexity index is 1020. The Morgan fingerprint density at radius 3 is 2.46 bits per heavy atom. The van der Waals surface area contributed by atoms with Crippen molar-refractivity contribution in [2.75, 3.05) is 5.32 Å². The van der Waals surface area contributed by atoms with Gasteiger partial charge in [0.2, 0.25) is 0 Å². The summed E-state index contributed by atoms with van der Waals surface area (Å²) in [5.74, 6) is -0.534. The first-order valence-electron chi connectivity index (χ1n) is 8.23. The van der Waals surface area contributed by atoms with Gasteiger partial charge in [0.1, 0.15) is 5.69 Å². The summed E-state index contributed by atoms with van der Waals surface area (Å²) in [6.45, 7) is 1.42. The lowest BCUT2D eigenvalue weighted by molar-refractivity contribution is -0.137. The van der Waals surface area contributed by atoms with Crippen LogP contribution in [0.2, 0.25) is 0 Å². The lowest BCUT2D eigenvalue weighted by Crippen LogP contribution is -2.15. The van der Waals surface area contributed by atoms with Gasteiger partial charge in [0.25, 0.3) is 5.91 Å². The average molecular weight is 407 g/mol. The Morgan fingerprint density at radius 2 is 1.89 bits per heavy atom. The second kappa shape index (κ2) is 7.59. The summed E-state index contributed by atoms with van der Waals surface area (Å²) in [7, 11) is 1.67. The fourth-order valence-electron chi connectivity index (χ4n) is 2.60. The summed E-state index contributed by atoms with van der Waals surface area (Å²) >= 11 is 1.24. The highest BCUT2D eigenvalue weighted by atomic mass is 32.1. The molecule has 0 unspecified atom stereocenters. The highest BCUT2D eigenvalue weighted by Gasteiger charge is 2.29. The van der Waals surface area contributed by atoms with E-state index in [0.717, 1.165) is 17.0 Å². The Morgan fingerprint density at radius 1 is 1.21 bits per heavy atom. The van der Waals surface area contributed by atoms with Crippen molar-refractivity contribution < 1.29 is 22.8 Å². The topological polar surface area (TPSA) is 64.0 Å². The molecular formula is C19H16F3N3O2S. The minimum atomic E-state index is -4.36. The van der Waals surface area contributed by atoms with Gasteiger partial charge in [-0.05, 0) is 30.7 Å². The molecule has 0 radical (unpaired) electrons. The Hall–Kier alpha value is -2.94. The van der Waals surface area contributed by atoms with Crippen LogP contribution in [-0.2, 0) is 19.6 Å². The maximum atomic E-state index is 12.6. The second-order valence-corrected chi connectivity index (χ2v) is 7.35. The lowest BCUT2D eigenvalue weighted by Gasteiger charge is -2.06. The number of thiazole rings is 1. The van der Waals surface area contributed by atoms with E-state index in [1.165, 1.54) is 36.5 Å². The van der Waals surface area contributed by atoms with Crippen LogP contribution in [0.15, 0.2) is 42.7 Å². The number of anilines is 1. The van der Waals surface area contributed by atoms with Crippen LogP contribution < -0.4 is 5.32 Å². The fraction of sp³-hybridized carbons (Fsp3) is 0.211. The molecule has 0 saturated heterocycles. The van der Waals surface area contributed by atoms with Crippen molar-refractivity contribution in [2.45, 2.75) is 19.5 Å². The largest absolute Gasteiger partial charge is 0.416 e. The third-order valence-electron chi connectivity index (χ3n) is 4.08. The SMILES string of the molecule is CC(=O)c1cc(C(=O)Nc2ncc(Cc3ccc(C(F)(F)F)cc3)s2)n(C)c1. The van der Waals surface area contributed by atoms with Crippen LogP contribution in [0.3, 0.4) is 0 Å². The number of amides is 1. The summed E-state index contributed by atoms with van der Waals surface area (Å²) in [5, 5.41) is 3.05. The lowest BCUT2D eigenvalue weighted by atomic mass is 10.1. The summed E-state index contributed by atoms with van der Waals surface area (Å²) < 4.78 is 39.4. The number of carbonyl (C=O) groups is 2. The van der Waals surface area contributed by atoms with E-state index in [2.05, 4.69) is 10.3 Å². The molecule has 1 aromatic carbocycles. The van der Waals surface area contributed by atoms with Gasteiger partial charge in [-0.15, -0.1) is 11.3 Å². The number of hydrogen-bond acceptors (Lipinski definition) is 4. The Kier molecular flexibility index (Phi) is 5.37. The summed E-state index contributed by atoms with van der Waals surface area (Å²) in [4.78, 5) is 28.7. The number of nitrogens with one attached hydrogen (secondary N) is 1. The monoisotopic (exact) mass is 407 g/mol. The van der Waals surface area contributed by atoms with Crippen molar-refractivity contribution in [3.63, 3.8) is 0 Å². The molecular weight excluding hydrogens is 391 g/mol. The van der Waals surface area contributed by atoms with Gasteiger partial charge in [0.05, 0.1) is 5.56 Å². The summed E-state index contributed by atoms with van der Waals surface area (Å²) in [6.07, 6.45) is -0.803. The van der Waals surface area contributed by atoms with E-state index in [1.807, 2.05) is 0 Å². The summed E-state index contributed by atoms with van der Waals surface area (Å²) in [5.41, 5.74) is 0.781. The number of halogens is 3. The van der Waals surface area contributed by atoms with Gasteiger partial charge in [-0.2, -0.15) is 13.2 Å². The smallest absolute Gasteiger partial charge is 0.346 e. The molecule has 3 aromatic rings. The Labute approximate surface area is 162 Å². The maximum absolute atomic E-state index is 12.6. The zero-order chi connectivity index (χ0) is 20.5. The van der Waals surface area contributed by atoms with Gasteiger partial charge in [0, 0.05) is 36.3 Å². The molecule has 0 saturated carbocycles. The zero-order valence-corrected chi connectivity index (χ0v) is 15.8. The molecule has 3 rings (SSSR count). The predicted molar refractivity (Wildman–Crippen MR) is 99.7 cm³/mol. The first-order valence-corrected chi connectivity index (χ1v) is 9.04. The van der Waals surface area contributed by atoms with E-state index in [9.17, 15) is 22.8 Å². The van der Waals surface area contributed by atoms with E-state index >= 15 is 0 Å². The molecule has 2 aromatic heterocycles. The van der Waals surface area contributed by atoms with Crippen molar-refractivity contribution in [3.05, 3.63) is 70.0 Å². The van der Waals surface area contributed by atoms with E-state index < -0.39 is 17.6 Å². The third kappa shape index (κ3) is 4.48. The molecule has 0 aliphatic carbocycles. The van der Waals surface area contributed by atoms with Crippen LogP contribution in [0.25, 0.3) is 0 Å². The van der Waals surface area contributed by atoms with Crippen LogP contribution in [0.5, 0.6) is 0 Å². The summed E-state index contributed by atoms with van der Waals surface area (Å²) in [6, 6.07) is 6.44. The number of nitrogens with zero attached hydrogens (tertiary/aromatic N) is 2. The predicted octanol–water partition coefficient (Wildman–Crippen LogP) is 4.55. The fourth-order valence-corrected chi connectivity index (χ4v) is 3.45. The third-order valence-corrected chi connectivity index (χ3v) is 4.99. The molecule has 0 fully saturated rings. The van der Waals surface area contributed by atoms with Crippen LogP contribution in [0.4, 0.5) is 18.3 Å². The quantitative estimate of drug-likeness (QED) is 0.632. The number of benzene rings is 1. The molecule has 0 spiro atoms. The number of carbonyl (C=O) groups excluding carboxylic acids is 2. The van der Waals surface area contributed by atoms with Gasteiger partial charge < -0.3 is 4.57 Å². The minimum absolute atomic E-state index is 0.136. The highest BCUT2D eigenvalue weighted by molar-refractivity contribution is 7.15. The molecule has 28 heavy (non-hydrogen) atoms. The molecule has 5 nitrogen and oxygen atoms in total. The molecule has 9 heteroatoms. The number of aromatic nitrogens is 2. The number of hydrogen-bond donors (Lipinski definition) is 1. The van der Waals surface area contributed by atoms with Crippen molar-refractivity contribution in [1.29, 1.82) is 0 Å². The zero-order valence-electron chi connectivity index (χ0n) is 15.0. The molecule has 0 atom stereocenters. The average Bonchev–Trinajstić information content (AvgIpc) is 3.21. The minimum Gasteiger partial charge on any atom is -0.346 e. The van der Waals surface area contributed by atoms with E-state index in [0.29, 0.717) is 28.4 Å². The first-order chi connectivity index (χ1) is 13.1. The highest BCUT2D eigenvalue weighted by Crippen LogP contribution is 2.30. The standard InChI is InChI=1S/C19H16F3N3O2S/c1-11(26)13-8-16(25(2)10-13)17(27)24-18-23-9-15(28-18)7-12-3-5-14(6-4-12)19(20,21)22/h3-6,8-10H,7H2,1-2H3,(H,23,24,27).